The first kappa shape index (κ1) is 41.7. The quantitative estimate of drug-likeness (QED) is 0.0903. The number of hydrogen-bond acceptors (Lipinski definition) is 16. The molecule has 0 aliphatic heterocycles. The van der Waals surface area contributed by atoms with Crippen LogP contribution in [0.15, 0.2) is 70.5 Å². The molecule has 0 spiro atoms. The van der Waals surface area contributed by atoms with Crippen molar-refractivity contribution in [3.8, 4) is 0 Å². The van der Waals surface area contributed by atoms with Gasteiger partial charge in [-0.05, 0) is 71.4 Å². The van der Waals surface area contributed by atoms with Crippen molar-refractivity contribution in [1.29, 1.82) is 0 Å². The van der Waals surface area contributed by atoms with Crippen molar-refractivity contribution in [3.05, 3.63) is 82.4 Å². The summed E-state index contributed by atoms with van der Waals surface area (Å²) in [6.45, 7) is 3.90. The molecule has 2 heterocycles. The summed E-state index contributed by atoms with van der Waals surface area (Å²) in [5, 5.41) is 10.5. The molecule has 50 heavy (non-hydrogen) atoms. The van der Waals surface area contributed by atoms with Gasteiger partial charge in [0.1, 0.15) is 20.2 Å². The van der Waals surface area contributed by atoms with Gasteiger partial charge in [0.15, 0.2) is 0 Å². The van der Waals surface area contributed by atoms with E-state index in [2.05, 4.69) is 51.2 Å². The van der Waals surface area contributed by atoms with Crippen LogP contribution in [0.4, 0.5) is 46.5 Å². The van der Waals surface area contributed by atoms with Crippen LogP contribution < -0.4 is 80.4 Å². The maximum Gasteiger partial charge on any atom is 1.00 e. The van der Waals surface area contributed by atoms with E-state index in [1.54, 1.807) is 24.3 Å². The Balaban J connectivity index is 0.00000338. The molecule has 2 aromatic heterocycles. The van der Waals surface area contributed by atoms with Gasteiger partial charge in [0, 0.05) is 11.4 Å². The van der Waals surface area contributed by atoms with E-state index < -0.39 is 41.4 Å². The van der Waals surface area contributed by atoms with Crippen LogP contribution in [0.3, 0.4) is 0 Å². The molecule has 0 saturated carbocycles. The molecule has 4 N–H and O–H groups in total. The second-order valence-electron chi connectivity index (χ2n) is 9.78. The topological polar surface area (TPSA) is 240 Å². The first-order valence-corrected chi connectivity index (χ1v) is 17.5. The van der Waals surface area contributed by atoms with Crippen molar-refractivity contribution in [1.82, 2.24) is 29.9 Å². The largest absolute Gasteiger partial charge is 1.00 e. The molecule has 3 aromatic carbocycles. The van der Waals surface area contributed by atoms with Crippen LogP contribution in [0.5, 0.6) is 0 Å². The first-order valence-electron chi connectivity index (χ1n) is 13.9. The molecule has 0 saturated heterocycles. The van der Waals surface area contributed by atoms with Crippen LogP contribution in [-0.4, -0.2) is 55.8 Å². The van der Waals surface area contributed by atoms with Gasteiger partial charge in [-0.15, -0.1) is 0 Å². The molecule has 16 nitrogen and oxygen atoms in total. The van der Waals surface area contributed by atoms with E-state index in [0.29, 0.717) is 30.3 Å². The molecule has 0 aliphatic carbocycles. The smallest absolute Gasteiger partial charge is 0.744 e. The van der Waals surface area contributed by atoms with E-state index in [-0.39, 0.29) is 93.5 Å². The summed E-state index contributed by atoms with van der Waals surface area (Å²) in [7, 11) is -10.8. The minimum Gasteiger partial charge on any atom is -0.744 e. The Kier molecular flexibility index (Phi) is 14.7. The Bertz CT molecular complexity index is 2090. The number of benzene rings is 3. The summed E-state index contributed by atoms with van der Waals surface area (Å²) < 4.78 is 73.7. The van der Waals surface area contributed by atoms with Crippen molar-refractivity contribution in [2.75, 3.05) is 21.3 Å². The number of aryl methyl sites for hydroxylation is 2. The van der Waals surface area contributed by atoms with Gasteiger partial charge in [0.25, 0.3) is 0 Å². The Morgan fingerprint density at radius 1 is 0.540 bits per heavy atom. The molecule has 22 heteroatoms. The van der Waals surface area contributed by atoms with Crippen LogP contribution in [0.2, 0.25) is 10.6 Å². The van der Waals surface area contributed by atoms with Crippen molar-refractivity contribution in [2.24, 2.45) is 0 Å². The summed E-state index contributed by atoms with van der Waals surface area (Å²) in [4.78, 5) is 22.1. The number of hydrogen-bond donors (Lipinski definition) is 4. The summed E-state index contributed by atoms with van der Waals surface area (Å²) >= 11 is 12.2. The fourth-order valence-electron chi connectivity index (χ4n) is 4.48. The Morgan fingerprint density at radius 2 is 0.860 bits per heavy atom. The third-order valence-corrected chi connectivity index (χ3v) is 8.71. The van der Waals surface area contributed by atoms with E-state index in [0.717, 1.165) is 17.2 Å². The molecular weight excluding hydrogens is 753 g/mol. The number of nitrogens with zero attached hydrogens (tertiary/aromatic N) is 6. The first-order chi connectivity index (χ1) is 22.7. The van der Waals surface area contributed by atoms with Crippen LogP contribution >= 0.6 is 23.2 Å². The molecule has 0 amide bonds. The predicted octanol–water partition coefficient (Wildman–Crippen LogP) is -0.721. The third-order valence-electron chi connectivity index (χ3n) is 6.62. The van der Waals surface area contributed by atoms with Crippen LogP contribution in [0.25, 0.3) is 0 Å². The zero-order valence-electron chi connectivity index (χ0n) is 26.9. The summed E-state index contributed by atoms with van der Waals surface area (Å²) in [5.41, 5.74) is 2.15. The zero-order valence-corrected chi connectivity index (χ0v) is 34.0. The SMILES string of the molecule is CCc1ccccc1Nc1nc(Cl)nc(Nc2cc(Nc3nc(Cl)nc(Nc4ccccc4CC)n3)c(S(=O)(=O)[O-])cc2S(=O)(=O)[O-])n1.[Na+].[Na+]. The predicted molar refractivity (Wildman–Crippen MR) is 177 cm³/mol. The number of nitrogens with one attached hydrogen (secondary N) is 4. The fourth-order valence-corrected chi connectivity index (χ4v) is 6.15. The Labute approximate surface area is 341 Å². The Hall–Kier alpha value is -2.72. The second kappa shape index (κ2) is 17.7. The van der Waals surface area contributed by atoms with Gasteiger partial charge < -0.3 is 30.4 Å². The van der Waals surface area contributed by atoms with Gasteiger partial charge in [0.2, 0.25) is 34.4 Å². The van der Waals surface area contributed by atoms with Crippen molar-refractivity contribution >= 4 is 90.0 Å². The molecule has 250 valence electrons. The van der Waals surface area contributed by atoms with E-state index in [1.165, 1.54) is 0 Å². The van der Waals surface area contributed by atoms with Crippen molar-refractivity contribution < 1.29 is 85.1 Å². The number of para-hydroxylation sites is 2. The van der Waals surface area contributed by atoms with E-state index in [4.69, 9.17) is 23.2 Å². The van der Waals surface area contributed by atoms with Gasteiger partial charge in [0.05, 0.1) is 21.2 Å². The van der Waals surface area contributed by atoms with Crippen molar-refractivity contribution in [3.63, 3.8) is 0 Å². The molecule has 0 unspecified atom stereocenters. The minimum absolute atomic E-state index is 0. The Morgan fingerprint density at radius 3 is 1.18 bits per heavy atom. The number of anilines is 8. The molecule has 0 bridgehead atoms. The molecule has 0 radical (unpaired) electrons. The van der Waals surface area contributed by atoms with Gasteiger partial charge in [-0.25, -0.2) is 16.8 Å². The van der Waals surface area contributed by atoms with E-state index >= 15 is 0 Å². The standard InChI is InChI=1S/C28H26Cl2N10O6S2.2Na/c1-3-15-9-5-7-11-17(15)31-25-35-23(29)37-27(39-25)33-19-13-20(22(48(44,45)46)14-21(19)47(41,42)43)34-28-38-24(30)36-26(40-28)32-18-12-8-6-10-16(18)4-2;;/h5-14H,3-4H2,1-2H3,(H,41,42,43)(H,44,45,46)(H2,31,33,35,37,39)(H2,32,34,36,38,40);;/q;2*+1/p-2. The summed E-state index contributed by atoms with van der Waals surface area (Å²) in [5.74, 6) is -0.730. The van der Waals surface area contributed by atoms with E-state index in [1.807, 2.05) is 38.1 Å². The van der Waals surface area contributed by atoms with E-state index in [9.17, 15) is 25.9 Å². The average Bonchev–Trinajstić information content (AvgIpc) is 3.00. The molecule has 5 rings (SSSR count). The monoisotopic (exact) mass is 776 g/mol. The average molecular weight is 778 g/mol. The number of aromatic nitrogens is 6. The summed E-state index contributed by atoms with van der Waals surface area (Å²) in [6.07, 6.45) is 1.36. The third kappa shape index (κ3) is 10.7. The molecule has 5 aromatic rings. The van der Waals surface area contributed by atoms with Gasteiger partial charge in [-0.1, -0.05) is 50.2 Å². The van der Waals surface area contributed by atoms with Crippen molar-refractivity contribution in [2.45, 2.75) is 36.5 Å². The number of halogens is 2. The molecular formula is C28H24Cl2N10Na2O6S2. The second-order valence-corrected chi connectivity index (χ2v) is 13.1. The van der Waals surface area contributed by atoms with Crippen LogP contribution in [0.1, 0.15) is 25.0 Å². The van der Waals surface area contributed by atoms with Gasteiger partial charge in [-0.2, -0.15) is 29.9 Å². The maximum atomic E-state index is 12.3. The van der Waals surface area contributed by atoms with Gasteiger partial charge in [-0.3, -0.25) is 0 Å². The number of rotatable bonds is 12. The minimum atomic E-state index is -5.39. The molecule has 0 aliphatic rings. The summed E-state index contributed by atoms with van der Waals surface area (Å²) in [6, 6.07) is 15.9. The van der Waals surface area contributed by atoms with Crippen LogP contribution in [0, 0.1) is 0 Å². The van der Waals surface area contributed by atoms with Crippen LogP contribution in [-0.2, 0) is 33.1 Å². The molecule has 0 atom stereocenters. The normalized spacial score (nSPS) is 11.2. The van der Waals surface area contributed by atoms with Gasteiger partial charge >= 0.3 is 59.1 Å². The maximum absolute atomic E-state index is 12.3. The fraction of sp³-hybridized carbons (Fsp3) is 0.143. The zero-order chi connectivity index (χ0) is 34.6. The molecule has 0 fully saturated rings.